The fourth-order valence-electron chi connectivity index (χ4n) is 6.38. The van der Waals surface area contributed by atoms with Crippen LogP contribution in [0.2, 0.25) is 0 Å². The van der Waals surface area contributed by atoms with E-state index in [-0.39, 0.29) is 6.17 Å². The predicted molar refractivity (Wildman–Crippen MR) is 178 cm³/mol. The number of piperidine rings is 2. The molecule has 0 aliphatic carbocycles. The molecule has 0 spiro atoms. The van der Waals surface area contributed by atoms with Crippen molar-refractivity contribution in [3.05, 3.63) is 88.8 Å². The highest BCUT2D eigenvalue weighted by Crippen LogP contribution is 2.32. The van der Waals surface area contributed by atoms with Crippen LogP contribution in [0.5, 0.6) is 0 Å². The summed E-state index contributed by atoms with van der Waals surface area (Å²) in [6.45, 7) is 4.62. The lowest BCUT2D eigenvalue weighted by atomic mass is 9.98. The summed E-state index contributed by atoms with van der Waals surface area (Å²) < 4.78 is 1.12. The van der Waals surface area contributed by atoms with Gasteiger partial charge in [-0.15, -0.1) is 0 Å². The molecule has 1 unspecified atom stereocenters. The van der Waals surface area contributed by atoms with Crippen molar-refractivity contribution in [2.75, 3.05) is 36.0 Å². The summed E-state index contributed by atoms with van der Waals surface area (Å²) in [7, 11) is 0. The van der Waals surface area contributed by atoms with Crippen molar-refractivity contribution in [3.8, 4) is 0 Å². The quantitative estimate of drug-likeness (QED) is 0.257. The van der Waals surface area contributed by atoms with E-state index in [1.165, 1.54) is 84.9 Å². The van der Waals surface area contributed by atoms with E-state index in [0.717, 1.165) is 34.2 Å². The number of nitrogens with one attached hydrogen (secondary N) is 2. The molecule has 214 valence electrons. The minimum absolute atomic E-state index is 0.0368. The van der Waals surface area contributed by atoms with Crippen molar-refractivity contribution in [1.82, 2.24) is 20.8 Å². The fraction of sp³-hybridized carbons (Fsp3) is 0.324. The Bertz CT molecular complexity index is 1680. The van der Waals surface area contributed by atoms with Crippen molar-refractivity contribution in [2.24, 2.45) is 4.99 Å². The first-order chi connectivity index (χ1) is 20.7. The number of allylic oxidation sites excluding steroid dienone is 1. The lowest BCUT2D eigenvalue weighted by Crippen LogP contribution is -2.31. The van der Waals surface area contributed by atoms with Gasteiger partial charge in [-0.2, -0.15) is 0 Å². The predicted octanol–water partition coefficient (Wildman–Crippen LogP) is 7.00. The van der Waals surface area contributed by atoms with Gasteiger partial charge in [-0.05, 0) is 92.6 Å². The Kier molecular flexibility index (Phi) is 7.90. The first-order valence-electron chi connectivity index (χ1n) is 15.1. The number of hydrogen-bond donors (Lipinski definition) is 2. The van der Waals surface area contributed by atoms with E-state index in [0.29, 0.717) is 0 Å². The lowest BCUT2D eigenvalue weighted by Gasteiger charge is -2.29. The summed E-state index contributed by atoms with van der Waals surface area (Å²) in [6, 6.07) is 17.1. The number of aromatic nitrogens is 2. The average molecular weight is 623 g/mol. The number of anilines is 2. The summed E-state index contributed by atoms with van der Waals surface area (Å²) in [5.74, 6) is 0. The molecular formula is C34H36BrN7. The van der Waals surface area contributed by atoms with Crippen LogP contribution in [0.15, 0.2) is 88.2 Å². The summed E-state index contributed by atoms with van der Waals surface area (Å²) >= 11 is 3.54. The van der Waals surface area contributed by atoms with Crippen LogP contribution < -0.4 is 20.7 Å². The van der Waals surface area contributed by atoms with Gasteiger partial charge in [0.25, 0.3) is 0 Å². The van der Waals surface area contributed by atoms with Crippen LogP contribution in [-0.2, 0) is 0 Å². The normalized spacial score (nSPS) is 20.0. The molecule has 2 fully saturated rings. The summed E-state index contributed by atoms with van der Waals surface area (Å²) in [6.07, 6.45) is 17.9. The Hall–Kier alpha value is -3.75. The summed E-state index contributed by atoms with van der Waals surface area (Å²) in [5, 5.41) is 2.48. The first kappa shape index (κ1) is 27.1. The third-order valence-electron chi connectivity index (χ3n) is 8.59. The van der Waals surface area contributed by atoms with Crippen LogP contribution in [0.4, 0.5) is 11.4 Å². The van der Waals surface area contributed by atoms with E-state index in [1.54, 1.807) is 0 Å². The van der Waals surface area contributed by atoms with Crippen molar-refractivity contribution in [3.63, 3.8) is 0 Å². The van der Waals surface area contributed by atoms with Gasteiger partial charge in [-0.1, -0.05) is 22.0 Å². The van der Waals surface area contributed by atoms with Gasteiger partial charge >= 0.3 is 0 Å². The van der Waals surface area contributed by atoms with Crippen molar-refractivity contribution < 1.29 is 0 Å². The molecule has 8 rings (SSSR count). The topological polar surface area (TPSA) is 68.7 Å². The first-order valence-corrected chi connectivity index (χ1v) is 15.9. The van der Waals surface area contributed by atoms with Crippen LogP contribution in [0.25, 0.3) is 27.4 Å². The molecule has 0 radical (unpaired) electrons. The van der Waals surface area contributed by atoms with E-state index < -0.39 is 0 Å². The second kappa shape index (κ2) is 12.2. The number of pyridine rings is 2. The minimum Gasteiger partial charge on any atom is -0.371 e. The number of rotatable bonds is 3. The smallest absolute Gasteiger partial charge is 0.143 e. The zero-order chi connectivity index (χ0) is 28.3. The standard InChI is InChI=1S/C20H21N5.C14H15BrN2/c1-2-8-25(9-3-1)19-6-7-21-18-5-4-14(11-17(18)19)15-10-16-13-23-24-20(16)22-12-15;15-11-4-5-13-12(10-11)14(6-7-16-13)17-8-2-1-3-9-17/h4-7,10-13,20,23-24H,1-3,8-9H2;4-7,10H,1-3,8-9H2. The molecule has 2 aromatic heterocycles. The Morgan fingerprint density at radius 2 is 1.33 bits per heavy atom. The third-order valence-corrected chi connectivity index (χ3v) is 9.08. The number of dihydropyridines is 1. The molecule has 42 heavy (non-hydrogen) atoms. The van der Waals surface area contributed by atoms with Crippen molar-refractivity contribution in [1.29, 1.82) is 0 Å². The van der Waals surface area contributed by atoms with Crippen LogP contribution >= 0.6 is 15.9 Å². The van der Waals surface area contributed by atoms with Gasteiger partial charge < -0.3 is 15.2 Å². The third kappa shape index (κ3) is 5.65. The van der Waals surface area contributed by atoms with Crippen LogP contribution in [0.3, 0.4) is 0 Å². The molecule has 2 N–H and O–H groups in total. The molecule has 0 saturated carbocycles. The summed E-state index contributed by atoms with van der Waals surface area (Å²) in [4.78, 5) is 18.6. The maximum Gasteiger partial charge on any atom is 0.143 e. The molecule has 2 aromatic carbocycles. The van der Waals surface area contributed by atoms with Crippen LogP contribution in [-0.4, -0.2) is 48.5 Å². The van der Waals surface area contributed by atoms with Crippen molar-refractivity contribution in [2.45, 2.75) is 44.7 Å². The fourth-order valence-corrected chi connectivity index (χ4v) is 6.74. The van der Waals surface area contributed by atoms with Crippen LogP contribution in [0.1, 0.15) is 44.1 Å². The van der Waals surface area contributed by atoms with Gasteiger partial charge in [0.05, 0.1) is 11.0 Å². The van der Waals surface area contributed by atoms with E-state index >= 15 is 0 Å². The molecular weight excluding hydrogens is 586 g/mol. The molecule has 4 aliphatic rings. The van der Waals surface area contributed by atoms with Gasteiger partial charge in [0.2, 0.25) is 0 Å². The van der Waals surface area contributed by atoms with Gasteiger partial charge in [0.1, 0.15) is 6.17 Å². The molecule has 8 heteroatoms. The molecule has 2 saturated heterocycles. The minimum atomic E-state index is 0.0368. The van der Waals surface area contributed by atoms with Gasteiger partial charge in [0, 0.05) is 88.8 Å². The summed E-state index contributed by atoms with van der Waals surface area (Å²) in [5.41, 5.74) is 14.4. The molecule has 7 nitrogen and oxygen atoms in total. The Labute approximate surface area is 255 Å². The zero-order valence-corrected chi connectivity index (χ0v) is 25.4. The highest BCUT2D eigenvalue weighted by molar-refractivity contribution is 9.10. The Morgan fingerprint density at radius 1 is 0.714 bits per heavy atom. The van der Waals surface area contributed by atoms with E-state index in [4.69, 9.17) is 0 Å². The van der Waals surface area contributed by atoms with Crippen molar-refractivity contribution >= 4 is 60.9 Å². The maximum atomic E-state index is 4.58. The average Bonchev–Trinajstić information content (AvgIpc) is 3.53. The number of hydrogen-bond acceptors (Lipinski definition) is 7. The zero-order valence-electron chi connectivity index (χ0n) is 23.8. The number of hydrazine groups is 1. The number of aliphatic imine (C=N–C) groups is 1. The van der Waals surface area contributed by atoms with Crippen LogP contribution in [0, 0.1) is 0 Å². The van der Waals surface area contributed by atoms with Gasteiger partial charge in [-0.25, -0.2) is 5.43 Å². The second-order valence-electron chi connectivity index (χ2n) is 11.4. The molecule has 0 bridgehead atoms. The second-order valence-corrected chi connectivity index (χ2v) is 12.3. The SMILES string of the molecule is Brc1ccc2nccc(N3CCCCC3)c2c1.C1=NC2NNC=C2C=C1c1ccc2nccc(N3CCCCC3)c2c1. The number of fused-ring (bicyclic) bond motifs is 3. The molecule has 4 aliphatic heterocycles. The number of nitrogens with zero attached hydrogens (tertiary/aromatic N) is 5. The monoisotopic (exact) mass is 621 g/mol. The van der Waals surface area contributed by atoms with E-state index in [2.05, 4.69) is 106 Å². The highest BCUT2D eigenvalue weighted by Gasteiger charge is 2.20. The van der Waals surface area contributed by atoms with E-state index in [9.17, 15) is 0 Å². The Balaban J connectivity index is 0.000000148. The van der Waals surface area contributed by atoms with Gasteiger partial charge in [-0.3, -0.25) is 15.0 Å². The number of benzene rings is 2. The van der Waals surface area contributed by atoms with Gasteiger partial charge in [0.15, 0.2) is 0 Å². The van der Waals surface area contributed by atoms with E-state index in [1.807, 2.05) is 24.8 Å². The molecule has 1 atom stereocenters. The maximum absolute atomic E-state index is 4.58. The molecule has 4 aromatic rings. The largest absolute Gasteiger partial charge is 0.371 e. The highest BCUT2D eigenvalue weighted by atomic mass is 79.9. The molecule has 6 heterocycles. The molecule has 0 amide bonds. The Morgan fingerprint density at radius 3 is 2.00 bits per heavy atom. The number of halogens is 1. The lowest BCUT2D eigenvalue weighted by molar-refractivity contribution is 0.579.